The van der Waals surface area contributed by atoms with Gasteiger partial charge in [-0.15, -0.1) is 0 Å². The zero-order valence-electron chi connectivity index (χ0n) is 11.6. The van der Waals surface area contributed by atoms with Crippen molar-refractivity contribution in [2.75, 3.05) is 19.8 Å². The maximum atomic E-state index is 10.7. The SMILES string of the molecule is OC[C@H]1O[C@@H]([C@]2(O)[C@H](O)[C@@H](CO)OC[C@@H]2O)[C@H](O)[C@@H](O)[C@@H]1O. The summed E-state index contributed by atoms with van der Waals surface area (Å²) in [6, 6.07) is 0. The second-order valence-electron chi connectivity index (χ2n) is 5.65. The van der Waals surface area contributed by atoms with Gasteiger partial charge in [0.05, 0.1) is 19.8 Å². The number of rotatable bonds is 3. The van der Waals surface area contributed by atoms with E-state index in [2.05, 4.69) is 0 Å². The molecule has 0 aliphatic carbocycles. The summed E-state index contributed by atoms with van der Waals surface area (Å²) in [5.41, 5.74) is -2.47. The van der Waals surface area contributed by atoms with Crippen molar-refractivity contribution in [1.82, 2.24) is 0 Å². The van der Waals surface area contributed by atoms with Gasteiger partial charge in [-0.25, -0.2) is 0 Å². The van der Waals surface area contributed by atoms with E-state index in [0.29, 0.717) is 0 Å². The van der Waals surface area contributed by atoms with E-state index in [-0.39, 0.29) is 0 Å². The van der Waals surface area contributed by atoms with Crippen LogP contribution in [0.3, 0.4) is 0 Å². The molecule has 8 N–H and O–H groups in total. The molecule has 2 aliphatic heterocycles. The van der Waals surface area contributed by atoms with Crippen molar-refractivity contribution in [1.29, 1.82) is 0 Å². The summed E-state index contributed by atoms with van der Waals surface area (Å²) in [6.45, 7) is -1.83. The van der Waals surface area contributed by atoms with Gasteiger partial charge in [-0.1, -0.05) is 0 Å². The zero-order chi connectivity index (χ0) is 16.7. The Morgan fingerprint density at radius 1 is 0.864 bits per heavy atom. The van der Waals surface area contributed by atoms with Gasteiger partial charge in [0.25, 0.3) is 0 Å². The number of hydrogen-bond donors (Lipinski definition) is 8. The number of aliphatic hydroxyl groups excluding tert-OH is 7. The Balaban J connectivity index is 2.33. The van der Waals surface area contributed by atoms with Crippen molar-refractivity contribution in [3.8, 4) is 0 Å². The normalized spacial score (nSPS) is 53.5. The smallest absolute Gasteiger partial charge is 0.150 e. The molecule has 22 heavy (non-hydrogen) atoms. The van der Waals surface area contributed by atoms with Gasteiger partial charge in [0.1, 0.15) is 54.4 Å². The van der Waals surface area contributed by atoms with Crippen LogP contribution in [0.5, 0.6) is 0 Å². The van der Waals surface area contributed by atoms with Crippen molar-refractivity contribution in [3.63, 3.8) is 0 Å². The average Bonchev–Trinajstić information content (AvgIpc) is 2.51. The largest absolute Gasteiger partial charge is 0.394 e. The number of aliphatic hydroxyl groups is 8. The molecule has 2 rings (SSSR count). The van der Waals surface area contributed by atoms with Gasteiger partial charge in [-0.2, -0.15) is 0 Å². The van der Waals surface area contributed by atoms with E-state index < -0.39 is 74.3 Å². The first-order chi connectivity index (χ1) is 10.3. The van der Waals surface area contributed by atoms with Gasteiger partial charge < -0.3 is 50.3 Å². The van der Waals surface area contributed by atoms with Gasteiger partial charge in [-0.3, -0.25) is 0 Å². The Morgan fingerprint density at radius 3 is 2.00 bits per heavy atom. The van der Waals surface area contributed by atoms with Crippen LogP contribution in [0.4, 0.5) is 0 Å². The molecule has 9 atom stereocenters. The molecule has 0 aromatic carbocycles. The van der Waals surface area contributed by atoms with Crippen molar-refractivity contribution in [2.45, 2.75) is 54.4 Å². The Hall–Kier alpha value is -0.400. The summed E-state index contributed by atoms with van der Waals surface area (Å²) < 4.78 is 10.2. The van der Waals surface area contributed by atoms with E-state index in [1.165, 1.54) is 0 Å². The summed E-state index contributed by atoms with van der Waals surface area (Å²) >= 11 is 0. The quantitative estimate of drug-likeness (QED) is 0.249. The van der Waals surface area contributed by atoms with Gasteiger partial charge in [0.15, 0.2) is 0 Å². The molecule has 2 saturated heterocycles. The molecule has 0 spiro atoms. The van der Waals surface area contributed by atoms with Crippen LogP contribution in [-0.2, 0) is 9.47 Å². The Morgan fingerprint density at radius 2 is 1.45 bits per heavy atom. The Labute approximate surface area is 125 Å². The fourth-order valence-electron chi connectivity index (χ4n) is 2.93. The van der Waals surface area contributed by atoms with E-state index in [0.717, 1.165) is 0 Å². The summed E-state index contributed by atoms with van der Waals surface area (Å²) in [7, 11) is 0. The van der Waals surface area contributed by atoms with E-state index in [9.17, 15) is 30.6 Å². The third-order valence-corrected chi connectivity index (χ3v) is 4.36. The summed E-state index contributed by atoms with van der Waals surface area (Å²) in [6.07, 6.45) is -13.0. The molecule has 0 aromatic heterocycles. The maximum Gasteiger partial charge on any atom is 0.150 e. The van der Waals surface area contributed by atoms with Gasteiger partial charge in [0, 0.05) is 0 Å². The molecular formula is C12H22O10. The fraction of sp³-hybridized carbons (Fsp3) is 1.00. The lowest BCUT2D eigenvalue weighted by Gasteiger charge is -2.52. The minimum Gasteiger partial charge on any atom is -0.394 e. The van der Waals surface area contributed by atoms with Gasteiger partial charge >= 0.3 is 0 Å². The minimum absolute atomic E-state index is 0.451. The molecule has 10 nitrogen and oxygen atoms in total. The monoisotopic (exact) mass is 326 g/mol. The second-order valence-corrected chi connectivity index (χ2v) is 5.65. The van der Waals surface area contributed by atoms with Gasteiger partial charge in [0.2, 0.25) is 0 Å². The van der Waals surface area contributed by atoms with Crippen molar-refractivity contribution >= 4 is 0 Å². The third kappa shape index (κ3) is 2.65. The molecule has 0 bridgehead atoms. The molecule has 2 aliphatic rings. The summed E-state index contributed by atoms with van der Waals surface area (Å²) in [5, 5.41) is 78.6. The average molecular weight is 326 g/mol. The van der Waals surface area contributed by atoms with E-state index in [4.69, 9.17) is 19.7 Å². The molecule has 0 unspecified atom stereocenters. The highest BCUT2D eigenvalue weighted by Gasteiger charge is 2.61. The predicted octanol–water partition coefficient (Wildman–Crippen LogP) is -5.33. The molecule has 2 fully saturated rings. The first-order valence-electron chi connectivity index (χ1n) is 6.90. The van der Waals surface area contributed by atoms with Crippen LogP contribution in [0.1, 0.15) is 0 Å². The summed E-state index contributed by atoms with van der Waals surface area (Å²) in [5.74, 6) is 0. The lowest BCUT2D eigenvalue weighted by atomic mass is 9.75. The molecule has 2 heterocycles. The summed E-state index contributed by atoms with van der Waals surface area (Å²) in [4.78, 5) is 0. The Bertz CT molecular complexity index is 379. The maximum absolute atomic E-state index is 10.7. The molecule has 0 radical (unpaired) electrons. The van der Waals surface area contributed by atoms with Crippen LogP contribution in [-0.4, -0.2) is 115 Å². The van der Waals surface area contributed by atoms with E-state index in [1.54, 1.807) is 0 Å². The van der Waals surface area contributed by atoms with Crippen LogP contribution in [0, 0.1) is 0 Å². The molecule has 0 amide bonds. The molecule has 130 valence electrons. The number of ether oxygens (including phenoxy) is 2. The third-order valence-electron chi connectivity index (χ3n) is 4.36. The highest BCUT2D eigenvalue weighted by molar-refractivity contribution is 5.10. The van der Waals surface area contributed by atoms with E-state index in [1.807, 2.05) is 0 Å². The zero-order valence-corrected chi connectivity index (χ0v) is 11.6. The molecule has 0 aromatic rings. The highest BCUT2D eigenvalue weighted by atomic mass is 16.6. The van der Waals surface area contributed by atoms with Crippen LogP contribution in [0.2, 0.25) is 0 Å². The van der Waals surface area contributed by atoms with Crippen molar-refractivity contribution < 1.29 is 50.3 Å². The van der Waals surface area contributed by atoms with Gasteiger partial charge in [-0.05, 0) is 0 Å². The van der Waals surface area contributed by atoms with Crippen LogP contribution >= 0.6 is 0 Å². The molecular weight excluding hydrogens is 304 g/mol. The first-order valence-corrected chi connectivity index (χ1v) is 6.90. The van der Waals surface area contributed by atoms with Crippen molar-refractivity contribution in [2.24, 2.45) is 0 Å². The standard InChI is InChI=1S/C12H22O10/c13-1-4-7(16)8(17)9(18)11(22-4)12(20)6(15)3-21-5(2-14)10(12)19/h4-11,13-20H,1-3H2/t4-,5-,6+,7-,8+,9-,10-,11-,12-/m1/s1. The Kier molecular flexibility index (Phi) is 5.39. The molecule has 10 heteroatoms. The lowest BCUT2D eigenvalue weighted by molar-refractivity contribution is -0.331. The molecule has 0 saturated carbocycles. The second kappa shape index (κ2) is 6.61. The fourth-order valence-corrected chi connectivity index (χ4v) is 2.93. The first kappa shape index (κ1) is 17.9. The highest BCUT2D eigenvalue weighted by Crippen LogP contribution is 2.36. The van der Waals surface area contributed by atoms with Crippen LogP contribution in [0.25, 0.3) is 0 Å². The van der Waals surface area contributed by atoms with Crippen molar-refractivity contribution in [3.05, 3.63) is 0 Å². The van der Waals surface area contributed by atoms with Crippen LogP contribution < -0.4 is 0 Å². The topological polar surface area (TPSA) is 180 Å². The van der Waals surface area contributed by atoms with E-state index >= 15 is 0 Å². The predicted molar refractivity (Wildman–Crippen MR) is 67.6 cm³/mol. The lowest BCUT2D eigenvalue weighted by Crippen LogP contribution is -2.75. The van der Waals surface area contributed by atoms with Crippen LogP contribution in [0.15, 0.2) is 0 Å². The number of hydrogen-bond acceptors (Lipinski definition) is 10. The minimum atomic E-state index is -2.47.